The predicted octanol–water partition coefficient (Wildman–Crippen LogP) is 3.60. The second kappa shape index (κ2) is 5.02. The molecule has 2 aliphatic rings. The minimum Gasteiger partial charge on any atom is -0.476 e. The first-order valence-corrected chi connectivity index (χ1v) is 8.50. The molecule has 1 fully saturated rings. The maximum absolute atomic E-state index is 11.5. The summed E-state index contributed by atoms with van der Waals surface area (Å²) in [6.45, 7) is 2.07. The average Bonchev–Trinajstić information content (AvgIpc) is 3.11. The Morgan fingerprint density at radius 3 is 2.84 bits per heavy atom. The number of aromatic nitrogens is 3. The zero-order valence-corrected chi connectivity index (χ0v) is 13.8. The van der Waals surface area contributed by atoms with Crippen LogP contribution in [0.4, 0.5) is 0 Å². The van der Waals surface area contributed by atoms with Crippen molar-refractivity contribution < 1.29 is 9.90 Å². The Morgan fingerprint density at radius 2 is 2.12 bits per heavy atom. The standard InChI is InChI=1S/C20H17N3O2/c1-11-3-2-4-12(7-11)13-5-6-17(21-10-13)23-19-15-8-14(15)9-16(19)18(22-23)20(24)25/h2-7,10,14-15H,8-9H2,1H3,(H,24,25)/t14-,15-/m0/s1. The number of pyridine rings is 1. The number of carboxylic acids is 1. The van der Waals surface area contributed by atoms with Gasteiger partial charge in [-0.3, -0.25) is 0 Å². The molecule has 2 heterocycles. The molecule has 2 aliphatic carbocycles. The summed E-state index contributed by atoms with van der Waals surface area (Å²) in [6.07, 6.45) is 3.81. The van der Waals surface area contributed by atoms with Crippen molar-refractivity contribution in [2.24, 2.45) is 5.92 Å². The van der Waals surface area contributed by atoms with E-state index in [0.717, 1.165) is 35.2 Å². The molecule has 0 aliphatic heterocycles. The lowest BCUT2D eigenvalue weighted by atomic mass is 10.1. The average molecular weight is 331 g/mol. The van der Waals surface area contributed by atoms with Crippen molar-refractivity contribution in [1.29, 1.82) is 0 Å². The largest absolute Gasteiger partial charge is 0.476 e. The molecule has 2 atom stereocenters. The SMILES string of the molecule is Cc1cccc(-c2ccc(-n3nc(C(=O)O)c4c3[C@H]3C[C@H]3C4)nc2)c1. The van der Waals surface area contributed by atoms with E-state index < -0.39 is 5.97 Å². The Bertz CT molecular complexity index is 1000. The lowest BCUT2D eigenvalue weighted by Crippen LogP contribution is -2.05. The lowest BCUT2D eigenvalue weighted by molar-refractivity contribution is 0.0688. The van der Waals surface area contributed by atoms with E-state index in [9.17, 15) is 9.90 Å². The van der Waals surface area contributed by atoms with Crippen molar-refractivity contribution in [1.82, 2.24) is 14.8 Å². The van der Waals surface area contributed by atoms with E-state index in [1.165, 1.54) is 5.56 Å². The van der Waals surface area contributed by atoms with Gasteiger partial charge in [0.1, 0.15) is 0 Å². The molecule has 0 bridgehead atoms. The monoisotopic (exact) mass is 331 g/mol. The van der Waals surface area contributed by atoms with Gasteiger partial charge in [-0.05, 0) is 43.4 Å². The maximum atomic E-state index is 11.5. The molecule has 0 radical (unpaired) electrons. The van der Waals surface area contributed by atoms with Crippen LogP contribution >= 0.6 is 0 Å². The Balaban J connectivity index is 1.57. The number of benzene rings is 1. The molecule has 124 valence electrons. The highest BCUT2D eigenvalue weighted by Gasteiger charge is 2.50. The smallest absolute Gasteiger partial charge is 0.356 e. The van der Waals surface area contributed by atoms with E-state index in [4.69, 9.17) is 0 Å². The highest BCUT2D eigenvalue weighted by Crippen LogP contribution is 2.57. The number of fused-ring (bicyclic) bond motifs is 3. The molecule has 1 aromatic carbocycles. The van der Waals surface area contributed by atoms with Crippen LogP contribution in [0.2, 0.25) is 0 Å². The molecule has 2 aromatic heterocycles. The third kappa shape index (κ3) is 2.19. The van der Waals surface area contributed by atoms with Gasteiger partial charge in [0.25, 0.3) is 0 Å². The molecule has 0 amide bonds. The number of rotatable bonds is 3. The van der Waals surface area contributed by atoms with E-state index in [1.54, 1.807) is 4.68 Å². The number of carbonyl (C=O) groups is 1. The zero-order valence-electron chi connectivity index (χ0n) is 13.8. The Kier molecular flexibility index (Phi) is 2.89. The Hall–Kier alpha value is -2.95. The molecule has 5 nitrogen and oxygen atoms in total. The number of nitrogens with zero attached hydrogens (tertiary/aromatic N) is 3. The third-order valence-electron chi connectivity index (χ3n) is 5.28. The molecule has 5 rings (SSSR count). The first-order chi connectivity index (χ1) is 12.1. The fourth-order valence-corrected chi connectivity index (χ4v) is 3.97. The van der Waals surface area contributed by atoms with E-state index in [1.807, 2.05) is 24.4 Å². The van der Waals surface area contributed by atoms with E-state index in [0.29, 0.717) is 17.7 Å². The van der Waals surface area contributed by atoms with Crippen LogP contribution in [-0.4, -0.2) is 25.8 Å². The van der Waals surface area contributed by atoms with Gasteiger partial charge in [0.15, 0.2) is 11.5 Å². The molecule has 5 heteroatoms. The molecule has 25 heavy (non-hydrogen) atoms. The fourth-order valence-electron chi connectivity index (χ4n) is 3.97. The lowest BCUT2D eigenvalue weighted by Gasteiger charge is -2.07. The summed E-state index contributed by atoms with van der Waals surface area (Å²) < 4.78 is 1.75. The molecule has 0 unspecified atom stereocenters. The third-order valence-corrected chi connectivity index (χ3v) is 5.28. The Labute approximate surface area is 145 Å². The molecular weight excluding hydrogens is 314 g/mol. The fraction of sp³-hybridized carbons (Fsp3) is 0.250. The van der Waals surface area contributed by atoms with Crippen molar-refractivity contribution in [2.45, 2.75) is 25.7 Å². The number of hydrogen-bond donors (Lipinski definition) is 1. The van der Waals surface area contributed by atoms with Crippen molar-refractivity contribution in [2.75, 3.05) is 0 Å². The van der Waals surface area contributed by atoms with Gasteiger partial charge in [0.05, 0.1) is 5.69 Å². The zero-order chi connectivity index (χ0) is 17.1. The number of hydrogen-bond acceptors (Lipinski definition) is 3. The van der Waals surface area contributed by atoms with Crippen LogP contribution in [0.5, 0.6) is 0 Å². The second-order valence-electron chi connectivity index (χ2n) is 7.01. The molecule has 0 spiro atoms. The van der Waals surface area contributed by atoms with Crippen molar-refractivity contribution in [3.8, 4) is 16.9 Å². The molecule has 3 aromatic rings. The van der Waals surface area contributed by atoms with Gasteiger partial charge >= 0.3 is 5.97 Å². The summed E-state index contributed by atoms with van der Waals surface area (Å²) >= 11 is 0. The van der Waals surface area contributed by atoms with Crippen LogP contribution < -0.4 is 0 Å². The van der Waals surface area contributed by atoms with Crippen LogP contribution in [0, 0.1) is 12.8 Å². The minimum atomic E-state index is -0.951. The topological polar surface area (TPSA) is 68.0 Å². The van der Waals surface area contributed by atoms with Crippen LogP contribution in [-0.2, 0) is 6.42 Å². The van der Waals surface area contributed by atoms with Gasteiger partial charge in [-0.1, -0.05) is 29.8 Å². The Morgan fingerprint density at radius 1 is 1.24 bits per heavy atom. The second-order valence-corrected chi connectivity index (χ2v) is 7.01. The van der Waals surface area contributed by atoms with Gasteiger partial charge in [-0.15, -0.1) is 0 Å². The summed E-state index contributed by atoms with van der Waals surface area (Å²) in [4.78, 5) is 16.1. The molecule has 1 N–H and O–H groups in total. The van der Waals surface area contributed by atoms with Crippen LogP contribution in [0.1, 0.15) is 39.6 Å². The number of aryl methyl sites for hydroxylation is 1. The first-order valence-electron chi connectivity index (χ1n) is 8.50. The molecule has 0 saturated heterocycles. The summed E-state index contributed by atoms with van der Waals surface area (Å²) in [7, 11) is 0. The highest BCUT2D eigenvalue weighted by atomic mass is 16.4. The van der Waals surface area contributed by atoms with Crippen molar-refractivity contribution in [3.05, 3.63) is 65.1 Å². The van der Waals surface area contributed by atoms with E-state index >= 15 is 0 Å². The van der Waals surface area contributed by atoms with Gasteiger partial charge in [0, 0.05) is 23.2 Å². The number of aromatic carboxylic acids is 1. The quantitative estimate of drug-likeness (QED) is 0.796. The summed E-state index contributed by atoms with van der Waals surface area (Å²) in [6, 6.07) is 12.2. The van der Waals surface area contributed by atoms with Crippen LogP contribution in [0.3, 0.4) is 0 Å². The minimum absolute atomic E-state index is 0.187. The van der Waals surface area contributed by atoms with E-state index in [2.05, 4.69) is 35.2 Å². The molecule has 1 saturated carbocycles. The van der Waals surface area contributed by atoms with Gasteiger partial charge < -0.3 is 5.11 Å². The first kappa shape index (κ1) is 14.4. The van der Waals surface area contributed by atoms with Crippen LogP contribution in [0.15, 0.2) is 42.6 Å². The number of carboxylic acid groups (broad SMARTS) is 1. The van der Waals surface area contributed by atoms with Crippen molar-refractivity contribution in [3.63, 3.8) is 0 Å². The summed E-state index contributed by atoms with van der Waals surface area (Å²) in [5.41, 5.74) is 5.51. The van der Waals surface area contributed by atoms with Gasteiger partial charge in [-0.25, -0.2) is 14.5 Å². The maximum Gasteiger partial charge on any atom is 0.356 e. The van der Waals surface area contributed by atoms with Crippen molar-refractivity contribution >= 4 is 5.97 Å². The van der Waals surface area contributed by atoms with Gasteiger partial charge in [0.2, 0.25) is 0 Å². The summed E-state index contributed by atoms with van der Waals surface area (Å²) in [5.74, 6) is 0.790. The highest BCUT2D eigenvalue weighted by molar-refractivity contribution is 5.88. The van der Waals surface area contributed by atoms with Gasteiger partial charge in [-0.2, -0.15) is 5.10 Å². The van der Waals surface area contributed by atoms with E-state index in [-0.39, 0.29) is 5.69 Å². The molecular formula is C20H17N3O2. The van der Waals surface area contributed by atoms with Crippen LogP contribution in [0.25, 0.3) is 16.9 Å². The predicted molar refractivity (Wildman–Crippen MR) is 93.0 cm³/mol. The normalized spacial score (nSPS) is 20.2. The summed E-state index contributed by atoms with van der Waals surface area (Å²) in [5, 5.41) is 13.8.